The average molecular weight is 374 g/mol. The van der Waals surface area contributed by atoms with Crippen LogP contribution in [0.4, 0.5) is 10.5 Å². The van der Waals surface area contributed by atoms with Crippen LogP contribution in [0.5, 0.6) is 17.2 Å². The van der Waals surface area contributed by atoms with Gasteiger partial charge in [0.25, 0.3) is 0 Å². The molecule has 1 atom stereocenters. The molecular formula is C19H22N2O4S. The summed E-state index contributed by atoms with van der Waals surface area (Å²) in [5.41, 5.74) is 1.66. The summed E-state index contributed by atoms with van der Waals surface area (Å²) in [6.45, 7) is 0.664. The van der Waals surface area contributed by atoms with E-state index in [0.29, 0.717) is 18.0 Å². The van der Waals surface area contributed by atoms with Gasteiger partial charge in [-0.1, -0.05) is 12.1 Å². The molecule has 0 saturated carbocycles. The van der Waals surface area contributed by atoms with E-state index in [4.69, 9.17) is 14.2 Å². The van der Waals surface area contributed by atoms with Crippen molar-refractivity contribution in [2.75, 3.05) is 38.9 Å². The summed E-state index contributed by atoms with van der Waals surface area (Å²) >= 11 is 1.71. The number of hydrogen-bond acceptors (Lipinski definition) is 5. The predicted octanol–water partition coefficient (Wildman–Crippen LogP) is 3.99. The van der Waals surface area contributed by atoms with Crippen molar-refractivity contribution in [2.24, 2.45) is 0 Å². The third-order valence-electron chi connectivity index (χ3n) is 4.19. The Labute approximate surface area is 157 Å². The van der Waals surface area contributed by atoms with Crippen molar-refractivity contribution < 1.29 is 19.0 Å². The van der Waals surface area contributed by atoms with Crippen molar-refractivity contribution in [3.8, 4) is 17.2 Å². The number of para-hydroxylation sites is 1. The molecule has 7 heteroatoms. The first-order valence-corrected chi connectivity index (χ1v) is 9.27. The molecule has 1 aliphatic heterocycles. The number of nitrogens with zero attached hydrogens (tertiary/aromatic N) is 1. The van der Waals surface area contributed by atoms with Crippen LogP contribution in [0.25, 0.3) is 0 Å². The maximum Gasteiger partial charge on any atom is 0.323 e. The van der Waals surface area contributed by atoms with E-state index in [-0.39, 0.29) is 11.4 Å². The summed E-state index contributed by atoms with van der Waals surface area (Å²) in [7, 11) is 4.83. The Kier molecular flexibility index (Phi) is 5.78. The number of ether oxygens (including phenoxy) is 3. The SMILES string of the molecule is COc1ccc(NC(=O)N2CCS[C@H]2c2cccc(OC)c2OC)cc1. The standard InChI is InChI=1S/C19H22N2O4S/c1-23-14-9-7-13(8-10-14)20-19(22)21-11-12-26-18(21)15-5-4-6-16(24-2)17(15)25-3/h4-10,18H,11-12H2,1-3H3,(H,20,22)/t18-/m0/s1. The lowest BCUT2D eigenvalue weighted by atomic mass is 10.1. The second-order valence-corrected chi connectivity index (χ2v) is 6.85. The quantitative estimate of drug-likeness (QED) is 0.857. The maximum absolute atomic E-state index is 12.8. The molecule has 1 N–H and O–H groups in total. The van der Waals surface area contributed by atoms with Crippen LogP contribution in [-0.2, 0) is 0 Å². The summed E-state index contributed by atoms with van der Waals surface area (Å²) in [5.74, 6) is 2.93. The molecule has 1 heterocycles. The summed E-state index contributed by atoms with van der Waals surface area (Å²) < 4.78 is 16.1. The van der Waals surface area contributed by atoms with Crippen molar-refractivity contribution in [1.82, 2.24) is 4.90 Å². The smallest absolute Gasteiger partial charge is 0.323 e. The van der Waals surface area contributed by atoms with Crippen molar-refractivity contribution in [3.05, 3.63) is 48.0 Å². The van der Waals surface area contributed by atoms with Gasteiger partial charge in [0.15, 0.2) is 11.5 Å². The van der Waals surface area contributed by atoms with Gasteiger partial charge in [-0.15, -0.1) is 11.8 Å². The van der Waals surface area contributed by atoms with E-state index in [2.05, 4.69) is 5.32 Å². The molecule has 0 aromatic heterocycles. The third kappa shape index (κ3) is 3.67. The molecule has 3 rings (SSSR count). The number of carbonyl (C=O) groups is 1. The van der Waals surface area contributed by atoms with E-state index >= 15 is 0 Å². The number of nitrogens with one attached hydrogen (secondary N) is 1. The second-order valence-electron chi connectivity index (χ2n) is 5.66. The van der Waals surface area contributed by atoms with Gasteiger partial charge in [0, 0.05) is 23.5 Å². The van der Waals surface area contributed by atoms with Gasteiger partial charge in [-0.3, -0.25) is 0 Å². The molecule has 0 bridgehead atoms. The van der Waals surface area contributed by atoms with Crippen molar-refractivity contribution >= 4 is 23.5 Å². The molecular weight excluding hydrogens is 352 g/mol. The van der Waals surface area contributed by atoms with Crippen LogP contribution in [0, 0.1) is 0 Å². The number of methoxy groups -OCH3 is 3. The highest BCUT2D eigenvalue weighted by molar-refractivity contribution is 7.99. The van der Waals surface area contributed by atoms with Crippen LogP contribution in [0.15, 0.2) is 42.5 Å². The molecule has 1 fully saturated rings. The molecule has 0 radical (unpaired) electrons. The molecule has 1 aliphatic rings. The van der Waals surface area contributed by atoms with E-state index in [1.165, 1.54) is 0 Å². The zero-order chi connectivity index (χ0) is 18.5. The summed E-state index contributed by atoms with van der Waals surface area (Å²) in [5, 5.41) is 2.82. The second kappa shape index (κ2) is 8.23. The highest BCUT2D eigenvalue weighted by Crippen LogP contribution is 2.45. The van der Waals surface area contributed by atoms with Crippen LogP contribution in [0.2, 0.25) is 0 Å². The van der Waals surface area contributed by atoms with E-state index in [9.17, 15) is 4.79 Å². The molecule has 0 aliphatic carbocycles. The van der Waals surface area contributed by atoms with Gasteiger partial charge in [0.2, 0.25) is 0 Å². The lowest BCUT2D eigenvalue weighted by molar-refractivity contribution is 0.213. The molecule has 6 nitrogen and oxygen atoms in total. The van der Waals surface area contributed by atoms with Gasteiger partial charge in [0.05, 0.1) is 21.3 Å². The Morgan fingerprint density at radius 2 is 1.85 bits per heavy atom. The normalized spacial score (nSPS) is 16.3. The van der Waals surface area contributed by atoms with Crippen LogP contribution in [0.3, 0.4) is 0 Å². The first kappa shape index (κ1) is 18.3. The molecule has 2 aromatic carbocycles. The number of anilines is 1. The first-order valence-electron chi connectivity index (χ1n) is 8.22. The molecule has 26 heavy (non-hydrogen) atoms. The Hall–Kier alpha value is -2.54. The van der Waals surface area contributed by atoms with Crippen LogP contribution in [0.1, 0.15) is 10.9 Å². The summed E-state index contributed by atoms with van der Waals surface area (Å²) in [4.78, 5) is 14.6. The summed E-state index contributed by atoms with van der Waals surface area (Å²) in [6.07, 6.45) is 0. The van der Waals surface area contributed by atoms with Crippen LogP contribution < -0.4 is 19.5 Å². The highest BCUT2D eigenvalue weighted by atomic mass is 32.2. The number of thioether (sulfide) groups is 1. The topological polar surface area (TPSA) is 60.0 Å². The Morgan fingerprint density at radius 3 is 2.50 bits per heavy atom. The zero-order valence-corrected chi connectivity index (χ0v) is 15.8. The first-order chi connectivity index (χ1) is 12.7. The molecule has 0 unspecified atom stereocenters. The molecule has 1 saturated heterocycles. The minimum atomic E-state index is -0.143. The van der Waals surface area contributed by atoms with Gasteiger partial charge in [0.1, 0.15) is 11.1 Å². The van der Waals surface area contributed by atoms with E-state index in [1.807, 2.05) is 47.4 Å². The van der Waals surface area contributed by atoms with Crippen molar-refractivity contribution in [2.45, 2.75) is 5.37 Å². The zero-order valence-electron chi connectivity index (χ0n) is 15.0. The minimum Gasteiger partial charge on any atom is -0.497 e. The Balaban J connectivity index is 1.80. The Bertz CT molecular complexity index is 767. The van der Waals surface area contributed by atoms with Gasteiger partial charge in [-0.05, 0) is 30.3 Å². The molecule has 138 valence electrons. The number of urea groups is 1. The Morgan fingerprint density at radius 1 is 1.08 bits per heavy atom. The number of benzene rings is 2. The predicted molar refractivity (Wildman–Crippen MR) is 103 cm³/mol. The number of carbonyl (C=O) groups excluding carboxylic acids is 1. The lowest BCUT2D eigenvalue weighted by Crippen LogP contribution is -2.34. The van der Waals surface area contributed by atoms with Crippen LogP contribution >= 0.6 is 11.8 Å². The number of rotatable bonds is 5. The number of amides is 2. The fourth-order valence-corrected chi connectivity index (χ4v) is 4.18. The van der Waals surface area contributed by atoms with Crippen molar-refractivity contribution in [3.63, 3.8) is 0 Å². The van der Waals surface area contributed by atoms with Gasteiger partial charge >= 0.3 is 6.03 Å². The number of hydrogen-bond donors (Lipinski definition) is 1. The average Bonchev–Trinajstić information content (AvgIpc) is 3.17. The maximum atomic E-state index is 12.8. The fourth-order valence-electron chi connectivity index (χ4n) is 2.91. The van der Waals surface area contributed by atoms with Gasteiger partial charge in [-0.25, -0.2) is 4.79 Å². The van der Waals surface area contributed by atoms with Gasteiger partial charge in [-0.2, -0.15) is 0 Å². The lowest BCUT2D eigenvalue weighted by Gasteiger charge is -2.26. The van der Waals surface area contributed by atoms with Gasteiger partial charge < -0.3 is 24.4 Å². The highest BCUT2D eigenvalue weighted by Gasteiger charge is 2.33. The van der Waals surface area contributed by atoms with E-state index in [0.717, 1.165) is 22.8 Å². The third-order valence-corrected chi connectivity index (χ3v) is 5.44. The van der Waals surface area contributed by atoms with E-state index in [1.54, 1.807) is 33.1 Å². The van der Waals surface area contributed by atoms with E-state index < -0.39 is 0 Å². The van der Waals surface area contributed by atoms with Crippen LogP contribution in [-0.4, -0.2) is 44.6 Å². The monoisotopic (exact) mass is 374 g/mol. The molecule has 0 spiro atoms. The molecule has 2 amide bonds. The molecule has 2 aromatic rings. The minimum absolute atomic E-state index is 0.127. The fraction of sp³-hybridized carbons (Fsp3) is 0.316. The summed E-state index contributed by atoms with van der Waals surface area (Å²) in [6, 6.07) is 12.9. The van der Waals surface area contributed by atoms with Crippen molar-refractivity contribution in [1.29, 1.82) is 0 Å². The largest absolute Gasteiger partial charge is 0.497 e.